The van der Waals surface area contributed by atoms with Crippen molar-refractivity contribution >= 4 is 11.6 Å². The number of carbonyl (C=O) groups excluding carboxylic acids is 1. The Morgan fingerprint density at radius 3 is 2.79 bits per heavy atom. The van der Waals surface area contributed by atoms with Crippen molar-refractivity contribution in [3.05, 3.63) is 49.6 Å². The molecule has 0 bridgehead atoms. The summed E-state index contributed by atoms with van der Waals surface area (Å²) in [6.45, 7) is 3.55. The van der Waals surface area contributed by atoms with Gasteiger partial charge < -0.3 is 11.1 Å². The maximum atomic E-state index is 11.7. The van der Waals surface area contributed by atoms with Crippen molar-refractivity contribution < 1.29 is 4.79 Å². The van der Waals surface area contributed by atoms with Crippen molar-refractivity contribution in [3.63, 3.8) is 0 Å². The summed E-state index contributed by atoms with van der Waals surface area (Å²) in [5, 5.41) is 6.76. The molecule has 1 unspecified atom stereocenters. The predicted octanol–water partition coefficient (Wildman–Crippen LogP) is 1.11. The van der Waals surface area contributed by atoms with Crippen LogP contribution >= 0.6 is 0 Å². The van der Waals surface area contributed by atoms with Crippen LogP contribution < -0.4 is 11.1 Å². The molecule has 2 rings (SSSR count). The monoisotopic (exact) mass is 257 g/mol. The van der Waals surface area contributed by atoms with Gasteiger partial charge in [-0.25, -0.2) is 9.67 Å². The Balaban J connectivity index is 2.03. The first-order valence-electron chi connectivity index (χ1n) is 5.83. The highest BCUT2D eigenvalue weighted by Crippen LogP contribution is 2.12. The third kappa shape index (κ3) is 3.26. The predicted molar refractivity (Wildman–Crippen MR) is 72.8 cm³/mol. The first-order valence-corrected chi connectivity index (χ1v) is 5.83. The highest BCUT2D eigenvalue weighted by molar-refractivity contribution is 5.94. The van der Waals surface area contributed by atoms with E-state index in [1.807, 2.05) is 12.1 Å². The summed E-state index contributed by atoms with van der Waals surface area (Å²) in [5.41, 5.74) is 7.23. The first-order chi connectivity index (χ1) is 9.20. The van der Waals surface area contributed by atoms with E-state index >= 15 is 0 Å². The molecular weight excluding hydrogens is 242 g/mol. The van der Waals surface area contributed by atoms with Gasteiger partial charge in [0.2, 0.25) is 5.91 Å². The molecule has 0 fully saturated rings. The van der Waals surface area contributed by atoms with Gasteiger partial charge in [0.15, 0.2) is 0 Å². The lowest BCUT2D eigenvalue weighted by Crippen LogP contribution is -2.35. The van der Waals surface area contributed by atoms with Gasteiger partial charge in [-0.1, -0.05) is 6.08 Å². The summed E-state index contributed by atoms with van der Waals surface area (Å²) >= 11 is 0. The maximum absolute atomic E-state index is 11.7. The Kier molecular flexibility index (Phi) is 4.04. The fraction of sp³-hybridized carbons (Fsp3) is 0.154. The van der Waals surface area contributed by atoms with Crippen LogP contribution in [-0.2, 0) is 4.79 Å². The number of hydrogen-bond donors (Lipinski definition) is 2. The molecule has 0 aliphatic carbocycles. The summed E-state index contributed by atoms with van der Waals surface area (Å²) in [4.78, 5) is 15.6. The third-order valence-electron chi connectivity index (χ3n) is 2.58. The number of nitrogens with zero attached hydrogens (tertiary/aromatic N) is 3. The Labute approximate surface area is 111 Å². The smallest absolute Gasteiger partial charge is 0.241 e. The number of nitrogens with one attached hydrogen (secondary N) is 1. The second kappa shape index (κ2) is 5.92. The Morgan fingerprint density at radius 1 is 1.47 bits per heavy atom. The van der Waals surface area contributed by atoms with Gasteiger partial charge in [-0.05, 0) is 30.7 Å². The Bertz CT molecular complexity index is 547. The van der Waals surface area contributed by atoms with Gasteiger partial charge >= 0.3 is 0 Å². The molecule has 0 saturated carbocycles. The van der Waals surface area contributed by atoms with Crippen LogP contribution in [0.1, 0.15) is 6.42 Å². The van der Waals surface area contributed by atoms with Crippen molar-refractivity contribution in [2.75, 3.05) is 5.32 Å². The standard InChI is InChI=1S/C13H15N5O/c1-2-3-12(14)13(19)17-10-4-6-11(7-5-10)18-9-15-8-16-18/h2,4-9,12H,1,3,14H2,(H,17,19). The molecule has 0 saturated heterocycles. The van der Waals surface area contributed by atoms with Gasteiger partial charge in [-0.15, -0.1) is 6.58 Å². The van der Waals surface area contributed by atoms with Gasteiger partial charge in [0.05, 0.1) is 11.7 Å². The molecule has 19 heavy (non-hydrogen) atoms. The number of aromatic nitrogens is 3. The zero-order valence-corrected chi connectivity index (χ0v) is 10.4. The van der Waals surface area contributed by atoms with Crippen LogP contribution in [-0.4, -0.2) is 26.7 Å². The number of hydrogen-bond acceptors (Lipinski definition) is 4. The first kappa shape index (κ1) is 13.0. The molecule has 98 valence electrons. The molecule has 0 radical (unpaired) electrons. The lowest BCUT2D eigenvalue weighted by molar-refractivity contribution is -0.117. The van der Waals surface area contributed by atoms with E-state index in [9.17, 15) is 4.79 Å². The lowest BCUT2D eigenvalue weighted by atomic mass is 10.2. The summed E-state index contributed by atoms with van der Waals surface area (Å²) in [6, 6.07) is 6.67. The number of benzene rings is 1. The highest BCUT2D eigenvalue weighted by atomic mass is 16.2. The summed E-state index contributed by atoms with van der Waals surface area (Å²) in [7, 11) is 0. The van der Waals surface area contributed by atoms with Crippen LogP contribution in [0.2, 0.25) is 0 Å². The topological polar surface area (TPSA) is 85.8 Å². The summed E-state index contributed by atoms with van der Waals surface area (Å²) < 4.78 is 1.63. The third-order valence-corrected chi connectivity index (χ3v) is 2.58. The number of carbonyl (C=O) groups is 1. The van der Waals surface area contributed by atoms with E-state index in [2.05, 4.69) is 22.0 Å². The highest BCUT2D eigenvalue weighted by Gasteiger charge is 2.11. The Hall–Kier alpha value is -2.47. The van der Waals surface area contributed by atoms with Crippen LogP contribution in [0.15, 0.2) is 49.6 Å². The van der Waals surface area contributed by atoms with Gasteiger partial charge in [0.25, 0.3) is 0 Å². The fourth-order valence-electron chi connectivity index (χ4n) is 1.56. The van der Waals surface area contributed by atoms with Crippen LogP contribution in [0.5, 0.6) is 0 Å². The average Bonchev–Trinajstić information content (AvgIpc) is 2.94. The van der Waals surface area contributed by atoms with E-state index in [4.69, 9.17) is 5.73 Å². The van der Waals surface area contributed by atoms with Crippen molar-refractivity contribution in [1.29, 1.82) is 0 Å². The minimum absolute atomic E-state index is 0.228. The maximum Gasteiger partial charge on any atom is 0.241 e. The minimum Gasteiger partial charge on any atom is -0.325 e. The van der Waals surface area contributed by atoms with Crippen LogP contribution in [0.4, 0.5) is 5.69 Å². The van der Waals surface area contributed by atoms with Gasteiger partial charge in [0, 0.05) is 5.69 Å². The normalized spacial score (nSPS) is 11.8. The molecule has 1 atom stereocenters. The van der Waals surface area contributed by atoms with Crippen molar-refractivity contribution in [2.24, 2.45) is 5.73 Å². The fourth-order valence-corrected chi connectivity index (χ4v) is 1.56. The lowest BCUT2D eigenvalue weighted by Gasteiger charge is -2.10. The molecule has 0 aliphatic heterocycles. The summed E-state index contributed by atoms with van der Waals surface area (Å²) in [6.07, 6.45) is 5.14. The van der Waals surface area contributed by atoms with Gasteiger partial charge in [0.1, 0.15) is 12.7 Å². The van der Waals surface area contributed by atoms with E-state index < -0.39 is 6.04 Å². The van der Waals surface area contributed by atoms with Gasteiger partial charge in [-0.3, -0.25) is 4.79 Å². The minimum atomic E-state index is -0.576. The second-order valence-corrected chi connectivity index (χ2v) is 4.01. The van der Waals surface area contributed by atoms with Gasteiger partial charge in [-0.2, -0.15) is 5.10 Å². The zero-order valence-electron chi connectivity index (χ0n) is 10.4. The molecule has 1 amide bonds. The number of amides is 1. The SMILES string of the molecule is C=CCC(N)C(=O)Nc1ccc(-n2cncn2)cc1. The van der Waals surface area contributed by atoms with E-state index in [0.29, 0.717) is 12.1 Å². The quantitative estimate of drug-likeness (QED) is 0.786. The van der Waals surface area contributed by atoms with Crippen LogP contribution in [0, 0.1) is 0 Å². The van der Waals surface area contributed by atoms with E-state index in [0.717, 1.165) is 5.69 Å². The number of nitrogens with two attached hydrogens (primary N) is 1. The van der Waals surface area contributed by atoms with E-state index in [-0.39, 0.29) is 5.91 Å². The molecule has 6 heteroatoms. The van der Waals surface area contributed by atoms with Crippen molar-refractivity contribution in [2.45, 2.75) is 12.5 Å². The van der Waals surface area contributed by atoms with Crippen LogP contribution in [0.3, 0.4) is 0 Å². The molecule has 6 nitrogen and oxygen atoms in total. The van der Waals surface area contributed by atoms with Crippen molar-refractivity contribution in [1.82, 2.24) is 14.8 Å². The van der Waals surface area contributed by atoms with Crippen LogP contribution in [0.25, 0.3) is 5.69 Å². The Morgan fingerprint density at radius 2 is 2.21 bits per heavy atom. The zero-order chi connectivity index (χ0) is 13.7. The average molecular weight is 257 g/mol. The van der Waals surface area contributed by atoms with E-state index in [1.54, 1.807) is 29.2 Å². The molecular formula is C13H15N5O. The molecule has 3 N–H and O–H groups in total. The molecule has 1 aromatic heterocycles. The summed E-state index contributed by atoms with van der Waals surface area (Å²) in [5.74, 6) is -0.228. The number of rotatable bonds is 5. The molecule has 1 aromatic carbocycles. The largest absolute Gasteiger partial charge is 0.325 e. The molecule has 0 spiro atoms. The molecule has 0 aliphatic rings. The molecule has 2 aromatic rings. The van der Waals surface area contributed by atoms with E-state index in [1.165, 1.54) is 6.33 Å². The van der Waals surface area contributed by atoms with Crippen molar-refractivity contribution in [3.8, 4) is 5.69 Å². The second-order valence-electron chi connectivity index (χ2n) is 4.01. The number of anilines is 1. The molecule has 1 heterocycles.